The number of rotatable bonds is 6. The number of nitrogens with one attached hydrogen (secondary N) is 2. The van der Waals surface area contributed by atoms with Crippen molar-refractivity contribution >= 4 is 17.5 Å². The first-order valence-electron chi connectivity index (χ1n) is 6.82. The van der Waals surface area contributed by atoms with Gasteiger partial charge in [0.05, 0.1) is 0 Å². The van der Waals surface area contributed by atoms with E-state index < -0.39 is 6.04 Å². The fraction of sp³-hybridized carbons (Fsp3) is 0.467. The Bertz CT molecular complexity index is 472. The summed E-state index contributed by atoms with van der Waals surface area (Å²) >= 11 is 0. The van der Waals surface area contributed by atoms with E-state index in [1.54, 1.807) is 6.92 Å². The van der Waals surface area contributed by atoms with Crippen molar-refractivity contribution in [1.29, 1.82) is 0 Å². The minimum atomic E-state index is -0.522. The maximum Gasteiger partial charge on any atom is 0.242 e. The molecule has 0 aliphatic carbocycles. The molecular weight excluding hydrogens is 254 g/mol. The molecule has 0 fully saturated rings. The first-order chi connectivity index (χ1) is 9.38. The lowest BCUT2D eigenvalue weighted by molar-refractivity contribution is -0.128. The van der Waals surface area contributed by atoms with Crippen LogP contribution in [0.2, 0.25) is 0 Å². The van der Waals surface area contributed by atoms with E-state index in [0.717, 1.165) is 5.56 Å². The Morgan fingerprint density at radius 3 is 2.50 bits per heavy atom. The molecule has 1 rings (SSSR count). The van der Waals surface area contributed by atoms with Crippen molar-refractivity contribution in [3.05, 3.63) is 29.8 Å². The summed E-state index contributed by atoms with van der Waals surface area (Å²) in [5, 5.41) is 5.45. The Morgan fingerprint density at radius 1 is 1.20 bits per heavy atom. The minimum absolute atomic E-state index is 0.0640. The molecule has 5 heteroatoms. The SMILES string of the molecule is CC(C)NC(=O)C(C)NC(=O)CCc1cccc(N)c1. The van der Waals surface area contributed by atoms with Gasteiger partial charge in [-0.1, -0.05) is 12.1 Å². The smallest absolute Gasteiger partial charge is 0.242 e. The molecule has 1 atom stereocenters. The van der Waals surface area contributed by atoms with E-state index in [9.17, 15) is 9.59 Å². The van der Waals surface area contributed by atoms with Crippen LogP contribution in [0.25, 0.3) is 0 Å². The number of carbonyl (C=O) groups excluding carboxylic acids is 2. The van der Waals surface area contributed by atoms with E-state index in [1.807, 2.05) is 38.1 Å². The fourth-order valence-electron chi connectivity index (χ4n) is 1.80. The van der Waals surface area contributed by atoms with Crippen molar-refractivity contribution in [2.75, 3.05) is 5.73 Å². The molecule has 20 heavy (non-hydrogen) atoms. The number of hydrogen-bond acceptors (Lipinski definition) is 3. The predicted molar refractivity (Wildman–Crippen MR) is 80.1 cm³/mol. The molecule has 0 heterocycles. The molecule has 0 bridgehead atoms. The molecule has 0 spiro atoms. The summed E-state index contributed by atoms with van der Waals surface area (Å²) < 4.78 is 0. The van der Waals surface area contributed by atoms with Gasteiger partial charge in [-0.25, -0.2) is 0 Å². The van der Waals surface area contributed by atoms with Crippen LogP contribution in [0, 0.1) is 0 Å². The summed E-state index contributed by atoms with van der Waals surface area (Å²) in [5.41, 5.74) is 7.38. The average molecular weight is 277 g/mol. The molecule has 1 unspecified atom stereocenters. The molecule has 0 aliphatic heterocycles. The fourth-order valence-corrected chi connectivity index (χ4v) is 1.80. The van der Waals surface area contributed by atoms with Gasteiger partial charge in [-0.05, 0) is 44.9 Å². The largest absolute Gasteiger partial charge is 0.399 e. The summed E-state index contributed by atoms with van der Waals surface area (Å²) in [6, 6.07) is 6.99. The Balaban J connectivity index is 2.38. The van der Waals surface area contributed by atoms with Gasteiger partial charge in [0.25, 0.3) is 0 Å². The lowest BCUT2D eigenvalue weighted by Crippen LogP contribution is -2.46. The second kappa shape index (κ2) is 7.53. The number of nitrogens with two attached hydrogens (primary N) is 1. The number of nitrogen functional groups attached to an aromatic ring is 1. The van der Waals surface area contributed by atoms with Crippen molar-refractivity contribution in [2.45, 2.75) is 45.7 Å². The third kappa shape index (κ3) is 5.73. The van der Waals surface area contributed by atoms with Gasteiger partial charge in [0.15, 0.2) is 0 Å². The number of carbonyl (C=O) groups is 2. The highest BCUT2D eigenvalue weighted by atomic mass is 16.2. The highest BCUT2D eigenvalue weighted by molar-refractivity contribution is 5.87. The minimum Gasteiger partial charge on any atom is -0.399 e. The van der Waals surface area contributed by atoms with Crippen LogP contribution in [-0.4, -0.2) is 23.9 Å². The van der Waals surface area contributed by atoms with Gasteiger partial charge in [-0.3, -0.25) is 9.59 Å². The molecule has 2 amide bonds. The van der Waals surface area contributed by atoms with Crippen LogP contribution in [0.3, 0.4) is 0 Å². The van der Waals surface area contributed by atoms with E-state index in [4.69, 9.17) is 5.73 Å². The summed E-state index contributed by atoms with van der Waals surface area (Å²) in [6.07, 6.45) is 0.943. The van der Waals surface area contributed by atoms with Crippen molar-refractivity contribution in [3.8, 4) is 0 Å². The van der Waals surface area contributed by atoms with Crippen LogP contribution in [0.5, 0.6) is 0 Å². The first-order valence-corrected chi connectivity index (χ1v) is 6.82. The normalized spacial score (nSPS) is 12.0. The van der Waals surface area contributed by atoms with Gasteiger partial charge in [0.2, 0.25) is 11.8 Å². The van der Waals surface area contributed by atoms with Gasteiger partial charge in [-0.15, -0.1) is 0 Å². The van der Waals surface area contributed by atoms with Crippen molar-refractivity contribution in [3.63, 3.8) is 0 Å². The Labute approximate surface area is 119 Å². The Morgan fingerprint density at radius 2 is 1.90 bits per heavy atom. The lowest BCUT2D eigenvalue weighted by Gasteiger charge is -2.16. The van der Waals surface area contributed by atoms with Gasteiger partial charge in [0.1, 0.15) is 6.04 Å². The zero-order valence-electron chi connectivity index (χ0n) is 12.3. The molecule has 4 N–H and O–H groups in total. The maximum absolute atomic E-state index is 11.8. The number of hydrogen-bond donors (Lipinski definition) is 3. The van der Waals surface area contributed by atoms with Crippen molar-refractivity contribution in [2.24, 2.45) is 0 Å². The average Bonchev–Trinajstić information content (AvgIpc) is 2.35. The highest BCUT2D eigenvalue weighted by Crippen LogP contribution is 2.08. The molecule has 0 aliphatic rings. The van der Waals surface area contributed by atoms with E-state index in [1.165, 1.54) is 0 Å². The van der Waals surface area contributed by atoms with E-state index in [-0.39, 0.29) is 17.9 Å². The number of amides is 2. The molecule has 0 aromatic heterocycles. The summed E-state index contributed by atoms with van der Waals surface area (Å²) in [6.45, 7) is 5.44. The molecule has 110 valence electrons. The van der Waals surface area contributed by atoms with Gasteiger partial charge < -0.3 is 16.4 Å². The topological polar surface area (TPSA) is 84.2 Å². The van der Waals surface area contributed by atoms with Crippen LogP contribution in [-0.2, 0) is 16.0 Å². The van der Waals surface area contributed by atoms with Crippen LogP contribution in [0.4, 0.5) is 5.69 Å². The molecule has 5 nitrogen and oxygen atoms in total. The monoisotopic (exact) mass is 277 g/mol. The number of anilines is 1. The quantitative estimate of drug-likeness (QED) is 0.684. The van der Waals surface area contributed by atoms with Crippen molar-refractivity contribution < 1.29 is 9.59 Å². The van der Waals surface area contributed by atoms with Gasteiger partial charge in [-0.2, -0.15) is 0 Å². The second-order valence-electron chi connectivity index (χ2n) is 5.20. The van der Waals surface area contributed by atoms with Crippen LogP contribution in [0.1, 0.15) is 32.8 Å². The van der Waals surface area contributed by atoms with Crippen LogP contribution in [0.15, 0.2) is 24.3 Å². The van der Waals surface area contributed by atoms with Gasteiger partial charge in [0, 0.05) is 18.2 Å². The predicted octanol–water partition coefficient (Wildman–Crippen LogP) is 1.23. The van der Waals surface area contributed by atoms with E-state index >= 15 is 0 Å². The molecule has 1 aromatic carbocycles. The summed E-state index contributed by atoms with van der Waals surface area (Å²) in [7, 11) is 0. The second-order valence-corrected chi connectivity index (χ2v) is 5.20. The zero-order chi connectivity index (χ0) is 15.1. The Hall–Kier alpha value is -2.04. The first kappa shape index (κ1) is 16.0. The third-order valence-electron chi connectivity index (χ3n) is 2.79. The molecule has 0 saturated carbocycles. The van der Waals surface area contributed by atoms with E-state index in [0.29, 0.717) is 18.5 Å². The Kier molecular flexibility index (Phi) is 6.03. The van der Waals surface area contributed by atoms with Gasteiger partial charge >= 0.3 is 0 Å². The summed E-state index contributed by atoms with van der Waals surface area (Å²) in [4.78, 5) is 23.4. The van der Waals surface area contributed by atoms with Crippen LogP contribution >= 0.6 is 0 Å². The molecule has 1 aromatic rings. The summed E-state index contributed by atoms with van der Waals surface area (Å²) in [5.74, 6) is -0.309. The number of aryl methyl sites for hydroxylation is 1. The van der Waals surface area contributed by atoms with Crippen LogP contribution < -0.4 is 16.4 Å². The molecular formula is C15H23N3O2. The highest BCUT2D eigenvalue weighted by Gasteiger charge is 2.15. The lowest BCUT2D eigenvalue weighted by atomic mass is 10.1. The number of benzene rings is 1. The van der Waals surface area contributed by atoms with E-state index in [2.05, 4.69) is 10.6 Å². The molecule has 0 radical (unpaired) electrons. The third-order valence-corrected chi connectivity index (χ3v) is 2.79. The van der Waals surface area contributed by atoms with Crippen molar-refractivity contribution in [1.82, 2.24) is 10.6 Å². The zero-order valence-corrected chi connectivity index (χ0v) is 12.3. The maximum atomic E-state index is 11.8. The standard InChI is InChI=1S/C15H23N3O2/c1-10(2)17-15(20)11(3)18-14(19)8-7-12-5-4-6-13(16)9-12/h4-6,9-11H,7-8,16H2,1-3H3,(H,17,20)(H,18,19). The molecule has 0 saturated heterocycles.